The van der Waals surface area contributed by atoms with E-state index in [0.29, 0.717) is 32.3 Å². The van der Waals surface area contributed by atoms with E-state index < -0.39 is 0 Å². The van der Waals surface area contributed by atoms with Crippen LogP contribution in [0.5, 0.6) is 0 Å². The molecule has 1 atom stereocenters. The van der Waals surface area contributed by atoms with Gasteiger partial charge in [-0.05, 0) is 37.1 Å². The van der Waals surface area contributed by atoms with Crippen LogP contribution < -0.4 is 5.32 Å². The van der Waals surface area contributed by atoms with E-state index in [0.717, 1.165) is 18.5 Å². The summed E-state index contributed by atoms with van der Waals surface area (Å²) in [4.78, 5) is 14.5. The zero-order valence-corrected chi connectivity index (χ0v) is 11.3. The first-order chi connectivity index (χ1) is 9.27. The third kappa shape index (κ3) is 2.38. The first-order valence-electron chi connectivity index (χ1n) is 6.99. The molecule has 0 bridgehead atoms. The van der Waals surface area contributed by atoms with Gasteiger partial charge in [0, 0.05) is 24.7 Å². The quantitative estimate of drug-likeness (QED) is 0.829. The third-order valence-corrected chi connectivity index (χ3v) is 4.03. The number of morpholine rings is 1. The number of fused-ring (bicyclic) bond motifs is 1. The molecule has 1 aromatic rings. The molecular weight excluding hydrogens is 240 g/mol. The van der Waals surface area contributed by atoms with Crippen molar-refractivity contribution in [2.75, 3.05) is 32.8 Å². The van der Waals surface area contributed by atoms with Gasteiger partial charge in [0.1, 0.15) is 0 Å². The highest BCUT2D eigenvalue weighted by atomic mass is 16.5. The highest BCUT2D eigenvalue weighted by Crippen LogP contribution is 2.26. The average molecular weight is 260 g/mol. The molecular formula is C15H20N2O2. The van der Waals surface area contributed by atoms with Gasteiger partial charge in [0.15, 0.2) is 0 Å². The smallest absolute Gasteiger partial charge is 0.254 e. The average Bonchev–Trinajstić information content (AvgIpc) is 2.47. The molecule has 102 valence electrons. The van der Waals surface area contributed by atoms with Gasteiger partial charge in [-0.2, -0.15) is 0 Å². The largest absolute Gasteiger partial charge is 0.378 e. The van der Waals surface area contributed by atoms with E-state index in [2.05, 4.69) is 18.3 Å². The van der Waals surface area contributed by atoms with Crippen LogP contribution in [0.2, 0.25) is 0 Å². The summed E-state index contributed by atoms with van der Waals surface area (Å²) in [6.07, 6.45) is 0.936. The number of amides is 1. The number of hydrogen-bond donors (Lipinski definition) is 1. The lowest BCUT2D eigenvalue weighted by molar-refractivity contribution is 0.0302. The fourth-order valence-electron chi connectivity index (χ4n) is 2.95. The second-order valence-corrected chi connectivity index (χ2v) is 5.20. The minimum absolute atomic E-state index is 0.161. The van der Waals surface area contributed by atoms with E-state index in [1.165, 1.54) is 11.1 Å². The molecule has 4 heteroatoms. The molecule has 1 N–H and O–H groups in total. The Morgan fingerprint density at radius 1 is 1.37 bits per heavy atom. The van der Waals surface area contributed by atoms with Gasteiger partial charge in [-0.3, -0.25) is 4.79 Å². The summed E-state index contributed by atoms with van der Waals surface area (Å²) in [7, 11) is 0. The zero-order chi connectivity index (χ0) is 13.2. The lowest BCUT2D eigenvalue weighted by Gasteiger charge is -2.30. The van der Waals surface area contributed by atoms with Gasteiger partial charge >= 0.3 is 0 Å². The van der Waals surface area contributed by atoms with Gasteiger partial charge in [-0.1, -0.05) is 12.1 Å². The Balaban J connectivity index is 1.92. The Bertz CT molecular complexity index is 481. The topological polar surface area (TPSA) is 41.6 Å². The second-order valence-electron chi connectivity index (χ2n) is 5.20. The summed E-state index contributed by atoms with van der Waals surface area (Å²) in [6, 6.07) is 6.42. The molecule has 0 spiro atoms. The van der Waals surface area contributed by atoms with Crippen LogP contribution in [0.4, 0.5) is 0 Å². The van der Waals surface area contributed by atoms with Gasteiger partial charge in [0.2, 0.25) is 0 Å². The highest BCUT2D eigenvalue weighted by Gasteiger charge is 2.25. The summed E-state index contributed by atoms with van der Waals surface area (Å²) in [5, 5.41) is 3.44. The molecule has 1 amide bonds. The van der Waals surface area contributed by atoms with Gasteiger partial charge in [0.25, 0.3) is 5.91 Å². The number of ether oxygens (including phenoxy) is 1. The van der Waals surface area contributed by atoms with Gasteiger partial charge < -0.3 is 15.0 Å². The molecule has 1 aromatic carbocycles. The molecule has 3 rings (SSSR count). The van der Waals surface area contributed by atoms with Crippen molar-refractivity contribution in [3.8, 4) is 0 Å². The molecule has 1 unspecified atom stereocenters. The lowest BCUT2D eigenvalue weighted by atomic mass is 9.90. The number of carbonyl (C=O) groups is 1. The van der Waals surface area contributed by atoms with Gasteiger partial charge in [0.05, 0.1) is 13.2 Å². The zero-order valence-electron chi connectivity index (χ0n) is 11.3. The first-order valence-corrected chi connectivity index (χ1v) is 6.99. The van der Waals surface area contributed by atoms with Gasteiger partial charge in [-0.15, -0.1) is 0 Å². The van der Waals surface area contributed by atoms with Gasteiger partial charge in [-0.25, -0.2) is 0 Å². The molecule has 19 heavy (non-hydrogen) atoms. The van der Waals surface area contributed by atoms with Crippen molar-refractivity contribution in [2.24, 2.45) is 0 Å². The lowest BCUT2D eigenvalue weighted by Crippen LogP contribution is -2.41. The Hall–Kier alpha value is -1.39. The molecule has 0 saturated carbocycles. The Morgan fingerprint density at radius 2 is 2.16 bits per heavy atom. The molecule has 0 radical (unpaired) electrons. The maximum absolute atomic E-state index is 12.6. The number of nitrogens with zero attached hydrogens (tertiary/aromatic N) is 1. The Labute approximate surface area is 113 Å². The normalized spacial score (nSPS) is 23.0. The molecule has 2 aliphatic heterocycles. The molecule has 2 heterocycles. The van der Waals surface area contributed by atoms with Crippen LogP contribution in [-0.2, 0) is 11.2 Å². The number of hydrogen-bond acceptors (Lipinski definition) is 3. The van der Waals surface area contributed by atoms with E-state index >= 15 is 0 Å². The predicted molar refractivity (Wildman–Crippen MR) is 73.3 cm³/mol. The fourth-order valence-corrected chi connectivity index (χ4v) is 2.95. The summed E-state index contributed by atoms with van der Waals surface area (Å²) >= 11 is 0. The monoisotopic (exact) mass is 260 g/mol. The summed E-state index contributed by atoms with van der Waals surface area (Å²) in [6.45, 7) is 5.81. The van der Waals surface area contributed by atoms with E-state index in [1.807, 2.05) is 17.0 Å². The number of nitrogens with one attached hydrogen (secondary N) is 1. The summed E-state index contributed by atoms with van der Waals surface area (Å²) in [5.74, 6) is 0.161. The van der Waals surface area contributed by atoms with Crippen molar-refractivity contribution >= 4 is 5.91 Å². The standard InChI is InChI=1S/C15H20N2O2/c1-11-12-3-2-4-14(13(12)5-6-16-11)15(18)17-7-9-19-10-8-17/h2-4,11,16H,5-10H2,1H3. The molecule has 0 aliphatic carbocycles. The van der Waals surface area contributed by atoms with Crippen molar-refractivity contribution < 1.29 is 9.53 Å². The maximum Gasteiger partial charge on any atom is 0.254 e. The maximum atomic E-state index is 12.6. The van der Waals surface area contributed by atoms with E-state index in [1.54, 1.807) is 0 Å². The molecule has 2 aliphatic rings. The highest BCUT2D eigenvalue weighted by molar-refractivity contribution is 5.96. The van der Waals surface area contributed by atoms with Crippen molar-refractivity contribution in [3.05, 3.63) is 34.9 Å². The van der Waals surface area contributed by atoms with E-state index in [4.69, 9.17) is 4.74 Å². The predicted octanol–water partition coefficient (Wildman–Crippen LogP) is 1.37. The van der Waals surface area contributed by atoms with E-state index in [-0.39, 0.29) is 5.91 Å². The number of carbonyl (C=O) groups excluding carboxylic acids is 1. The van der Waals surface area contributed by atoms with Crippen LogP contribution in [0, 0.1) is 0 Å². The first kappa shape index (κ1) is 12.6. The molecule has 0 aromatic heterocycles. The van der Waals surface area contributed by atoms with Crippen molar-refractivity contribution in [1.29, 1.82) is 0 Å². The van der Waals surface area contributed by atoms with Crippen LogP contribution in [-0.4, -0.2) is 43.7 Å². The van der Waals surface area contributed by atoms with Crippen LogP contribution in [0.15, 0.2) is 18.2 Å². The molecule has 1 fully saturated rings. The second kappa shape index (κ2) is 5.31. The van der Waals surface area contributed by atoms with E-state index in [9.17, 15) is 4.79 Å². The molecule has 4 nitrogen and oxygen atoms in total. The minimum Gasteiger partial charge on any atom is -0.378 e. The summed E-state index contributed by atoms with van der Waals surface area (Å²) in [5.41, 5.74) is 3.38. The Kier molecular flexibility index (Phi) is 3.53. The van der Waals surface area contributed by atoms with Crippen molar-refractivity contribution in [1.82, 2.24) is 10.2 Å². The summed E-state index contributed by atoms with van der Waals surface area (Å²) < 4.78 is 5.31. The van der Waals surface area contributed by atoms with Crippen LogP contribution in [0.1, 0.15) is 34.5 Å². The third-order valence-electron chi connectivity index (χ3n) is 4.03. The number of rotatable bonds is 1. The minimum atomic E-state index is 0.161. The molecule has 1 saturated heterocycles. The SMILES string of the molecule is CC1NCCc2c(C(=O)N3CCOCC3)cccc21. The fraction of sp³-hybridized carbons (Fsp3) is 0.533. The van der Waals surface area contributed by atoms with Crippen molar-refractivity contribution in [2.45, 2.75) is 19.4 Å². The van der Waals surface area contributed by atoms with Crippen molar-refractivity contribution in [3.63, 3.8) is 0 Å². The number of benzene rings is 1. The Morgan fingerprint density at radius 3 is 2.95 bits per heavy atom. The van der Waals surface area contributed by atoms with Crippen LogP contribution in [0.25, 0.3) is 0 Å². The van der Waals surface area contributed by atoms with Crippen LogP contribution in [0.3, 0.4) is 0 Å². The van der Waals surface area contributed by atoms with Crippen LogP contribution >= 0.6 is 0 Å².